The lowest BCUT2D eigenvalue weighted by molar-refractivity contribution is 0.559. The lowest BCUT2D eigenvalue weighted by Crippen LogP contribution is -2.55. The molecule has 7 aromatic carbocycles. The average Bonchev–Trinajstić information content (AvgIpc) is 0.854. The molecule has 132 heavy (non-hydrogen) atoms. The van der Waals surface area contributed by atoms with Crippen molar-refractivity contribution in [2.24, 2.45) is 87.1 Å². The first-order valence-electron chi connectivity index (χ1n) is 43.3. The highest BCUT2D eigenvalue weighted by Gasteiger charge is 2.21. The average molecular weight is 1910 g/mol. The van der Waals surface area contributed by atoms with Crippen molar-refractivity contribution in [2.45, 2.75) is 205 Å². The Morgan fingerprint density at radius 3 is 1.08 bits per heavy atom. The summed E-state index contributed by atoms with van der Waals surface area (Å²) in [5.74, 6) is 9.15. The molecule has 35 nitrogen and oxygen atoms in total. The number of hydrogen-bond acceptors (Lipinski definition) is 25. The van der Waals surface area contributed by atoms with Gasteiger partial charge in [0.15, 0.2) is 65.6 Å². The number of benzene rings is 7. The number of aryl methyl sites for hydroxylation is 2. The van der Waals surface area contributed by atoms with Crippen LogP contribution in [0.15, 0.2) is 240 Å². The number of halogens is 5. The van der Waals surface area contributed by atoms with Crippen molar-refractivity contribution in [3.63, 3.8) is 0 Å². The minimum absolute atomic E-state index is 0. The molecule has 0 saturated carbocycles. The van der Waals surface area contributed by atoms with Gasteiger partial charge in [0.05, 0.1) is 13.1 Å². The van der Waals surface area contributed by atoms with Gasteiger partial charge in [0.1, 0.15) is 43.2 Å². The first-order valence-corrected chi connectivity index (χ1v) is 45.2. The van der Waals surface area contributed by atoms with Gasteiger partial charge in [-0.15, -0.1) is 0 Å². The van der Waals surface area contributed by atoms with E-state index in [1.807, 2.05) is 232 Å². The lowest BCUT2D eigenvalue weighted by Gasteiger charge is -2.26. The quantitative estimate of drug-likeness (QED) is 0.0379. The molecule has 7 atom stereocenters. The predicted octanol–water partition coefficient (Wildman–Crippen LogP) is 11.8. The summed E-state index contributed by atoms with van der Waals surface area (Å²) in [6, 6.07) is 56.0. The van der Waals surface area contributed by atoms with Gasteiger partial charge in [-0.3, -0.25) is 52.2 Å². The van der Waals surface area contributed by atoms with E-state index in [1.165, 1.54) is 22.3 Å². The first-order chi connectivity index (χ1) is 62.5. The van der Waals surface area contributed by atoms with Gasteiger partial charge in [-0.25, -0.2) is 54.9 Å². The molecule has 40 heteroatoms. The number of nitrogens with two attached hydrogens (primary N) is 3. The molecule has 7 heterocycles. The van der Waals surface area contributed by atoms with Gasteiger partial charge in [0.2, 0.25) is 17.9 Å². The summed E-state index contributed by atoms with van der Waals surface area (Å²) in [7, 11) is 3.90. The molecule has 0 aliphatic carbocycles. The Kier molecular flexibility index (Phi) is 44.6. The van der Waals surface area contributed by atoms with Crippen LogP contribution in [-0.2, 0) is 32.4 Å². The number of nitrogens with zero attached hydrogens (tertiary/aromatic N) is 15. The highest BCUT2D eigenvalue weighted by atomic mass is 35.5. The Balaban J connectivity index is 0.000000210. The van der Waals surface area contributed by atoms with E-state index in [0.717, 1.165) is 120 Å². The number of hydrogen-bond donors (Lipinski definition) is 20. The Labute approximate surface area is 802 Å². The molecule has 0 radical (unpaired) electrons. The van der Waals surface area contributed by atoms with Gasteiger partial charge >= 0.3 is 0 Å². The normalized spacial score (nSPS) is 20.0. The first kappa shape index (κ1) is 106. The molecule has 14 rings (SSSR count). The van der Waals surface area contributed by atoms with Crippen LogP contribution in [-0.4, -0.2) is 183 Å². The second-order valence-electron chi connectivity index (χ2n) is 31.8. The minimum Gasteiger partial charge on any atom is -0.370 e. The molecule has 23 N–H and O–H groups in total. The van der Waals surface area contributed by atoms with Crippen LogP contribution >= 0.6 is 58.0 Å². The van der Waals surface area contributed by atoms with Crippen LogP contribution in [0.2, 0.25) is 25.1 Å². The van der Waals surface area contributed by atoms with Crippen molar-refractivity contribution in [1.29, 1.82) is 0 Å². The fraction of sp³-hybridized carbons (Fsp3) is 0.391. The Morgan fingerprint density at radius 2 is 0.682 bits per heavy atom. The molecule has 0 saturated heterocycles. The number of nitrogens with one attached hydrogen (secondary N) is 17. The van der Waals surface area contributed by atoms with Crippen molar-refractivity contribution in [3.8, 4) is 0 Å². The van der Waals surface area contributed by atoms with Crippen LogP contribution in [0.5, 0.6) is 0 Å². The standard InChI is InChI=1S/C15H22ClN5.2C14H20ClN5.C14H21N5.C12H16ClN5.C11H14ClN5.C11H15N5.CH4/c1-10(2)18-15-20-11(3)19-14(21-15)17-9-8-12-4-6-13(16)7-5-12;1-9(2)17-14-19-10(3)18-13(20-14)16-8-11-4-6-12(15)7-5-11;1-10-17-13(19-14(18-10)20(2)3)16-9-8-11-6-4-5-7-12(11)15;1-9(2)15-13-16-11(4)17-14(19-13)18-12-7-5-6-10(3)8-12;1-8-16-11(14)18-12(17-8)15-7-6-9-2-4-10(13)5-3-9;1-7-15-10(13)17-11(16-7)14-6-8-2-4-9(12)5-3-8;1-7-4-3-5-9(6-7)15-11-14-8(2)13-10(12)16-11;/h4-7,10-11H,8-9H2,1-3H3,(H3,17,18,19,20,21);4-7,9-10H,8H2,1-3H3,(H3,16,17,18,19,20);4-7,10H,8-9H2,1-3H3,(H2,16,17,18,19);5-9,11H,1-4H3,(H3,15,16,17,18,19);2-5,8H,6-7H2,1H3,(H4,14,15,16,17,18);2-5,7H,6H2,1H3,(H4,13,14,15,16,17);3-6,8H,1-2H3,(H4,12,13,14,15,16);1H4. The van der Waals surface area contributed by atoms with Crippen molar-refractivity contribution in [2.75, 3.05) is 44.4 Å². The van der Waals surface area contributed by atoms with E-state index in [0.29, 0.717) is 86.6 Å². The summed E-state index contributed by atoms with van der Waals surface area (Å²) in [5, 5.41) is 57.0. The topological polar surface area (TPSA) is 459 Å². The summed E-state index contributed by atoms with van der Waals surface area (Å²) in [4.78, 5) is 62.9. The molecule has 0 fully saturated rings. The second kappa shape index (κ2) is 55.4. The van der Waals surface area contributed by atoms with Gasteiger partial charge in [-0.1, -0.05) is 156 Å². The van der Waals surface area contributed by atoms with E-state index in [1.54, 1.807) is 0 Å². The van der Waals surface area contributed by atoms with Gasteiger partial charge in [0.25, 0.3) is 0 Å². The lowest BCUT2D eigenvalue weighted by atomic mass is 10.1. The van der Waals surface area contributed by atoms with Crippen LogP contribution in [0.1, 0.15) is 136 Å². The molecule has 7 aliphatic rings. The molecule has 7 aliphatic heterocycles. The SMILES string of the molecule is C.CC(C)NC1=NC(C)NC(=NCCc2ccc(Cl)cc2)N1.CC(C)NC1=NC(C)NC(=NCc2ccc(Cl)cc2)N1.CC1N=C(N(C)C)NC(=NCCc2ccccc2Cl)N1.CC1N=C(N)NC(=NCCc2ccc(Cl)cc2)N1.CC1N=C(N)NC(=NCc2ccc(Cl)cc2)N1.Cc1cccc(NC2=NC(C)N=C(N)N2)c1.Cc1cccc(NC2=NC(C)N=C(NC(C)C)N2)c1. The number of guanidine groups is 14. The highest BCUT2D eigenvalue weighted by Crippen LogP contribution is 2.19. The van der Waals surface area contributed by atoms with Crippen LogP contribution in [0.4, 0.5) is 11.4 Å². The zero-order valence-corrected chi connectivity index (χ0v) is 81.2. The maximum atomic E-state index is 6.13. The minimum atomic E-state index is -0.145. The van der Waals surface area contributed by atoms with Gasteiger partial charge in [-0.05, 0) is 241 Å². The Hall–Kier alpha value is -12.8. The molecule has 710 valence electrons. The zero-order chi connectivity index (χ0) is 94.9. The monoisotopic (exact) mass is 1900 g/mol. The third-order valence-corrected chi connectivity index (χ3v) is 19.4. The van der Waals surface area contributed by atoms with E-state index in [9.17, 15) is 0 Å². The molecule has 0 spiro atoms. The molecular formula is C92H132Cl5N35. The molecule has 0 amide bonds. The van der Waals surface area contributed by atoms with Crippen LogP contribution in [0.3, 0.4) is 0 Å². The Morgan fingerprint density at radius 1 is 0.348 bits per heavy atom. The van der Waals surface area contributed by atoms with Gasteiger partial charge in [-0.2, -0.15) is 0 Å². The summed E-state index contributed by atoms with van der Waals surface area (Å²) in [5.41, 5.74) is 27.0. The van der Waals surface area contributed by atoms with E-state index in [2.05, 4.69) is 221 Å². The number of anilines is 2. The van der Waals surface area contributed by atoms with Crippen molar-refractivity contribution in [1.82, 2.24) is 84.7 Å². The molecule has 7 unspecified atom stereocenters. The third-order valence-electron chi connectivity index (χ3n) is 18.0. The number of aliphatic imine (C=N–C) groups is 14. The third kappa shape index (κ3) is 41.9. The fourth-order valence-corrected chi connectivity index (χ4v) is 12.9. The van der Waals surface area contributed by atoms with E-state index in [4.69, 9.17) is 75.2 Å². The molecule has 7 aromatic rings. The summed E-state index contributed by atoms with van der Waals surface area (Å²) < 4.78 is 0. The molecular weight excluding hydrogens is 1770 g/mol. The molecule has 0 bridgehead atoms. The fourth-order valence-electron chi connectivity index (χ4n) is 12.2. The highest BCUT2D eigenvalue weighted by molar-refractivity contribution is 6.32. The van der Waals surface area contributed by atoms with Gasteiger partial charge in [0, 0.05) is 88.3 Å². The number of rotatable bonds is 18. The largest absolute Gasteiger partial charge is 0.370 e. The van der Waals surface area contributed by atoms with Crippen molar-refractivity contribution >= 4 is 153 Å². The van der Waals surface area contributed by atoms with Crippen LogP contribution in [0.25, 0.3) is 0 Å². The molecule has 0 aromatic heterocycles. The van der Waals surface area contributed by atoms with Crippen LogP contribution < -0.4 is 108 Å². The second-order valence-corrected chi connectivity index (χ2v) is 33.9. The summed E-state index contributed by atoms with van der Waals surface area (Å²) >= 11 is 29.5. The summed E-state index contributed by atoms with van der Waals surface area (Å²) in [6.07, 6.45) is 2.26. The maximum Gasteiger partial charge on any atom is 0.204 e. The van der Waals surface area contributed by atoms with Crippen molar-refractivity contribution < 1.29 is 0 Å². The zero-order valence-electron chi connectivity index (χ0n) is 77.4. The van der Waals surface area contributed by atoms with E-state index >= 15 is 0 Å². The summed E-state index contributed by atoms with van der Waals surface area (Å²) in [6.45, 7) is 33.4. The van der Waals surface area contributed by atoms with E-state index in [-0.39, 0.29) is 50.6 Å². The maximum absolute atomic E-state index is 6.13. The smallest absolute Gasteiger partial charge is 0.204 e. The van der Waals surface area contributed by atoms with Crippen LogP contribution in [0, 0.1) is 13.8 Å². The van der Waals surface area contributed by atoms with E-state index < -0.39 is 0 Å². The predicted molar refractivity (Wildman–Crippen MR) is 556 cm³/mol. The van der Waals surface area contributed by atoms with Gasteiger partial charge < -0.3 is 75.3 Å². The Bertz CT molecular complexity index is 5230. The van der Waals surface area contributed by atoms with Crippen molar-refractivity contribution in [3.05, 3.63) is 234 Å².